The summed E-state index contributed by atoms with van der Waals surface area (Å²) in [6, 6.07) is 6.59. The van der Waals surface area contributed by atoms with Crippen LogP contribution in [0.5, 0.6) is 0 Å². The van der Waals surface area contributed by atoms with Crippen molar-refractivity contribution < 1.29 is 17.6 Å². The lowest BCUT2D eigenvalue weighted by Gasteiger charge is -2.33. The van der Waals surface area contributed by atoms with Crippen molar-refractivity contribution in [2.24, 2.45) is 5.92 Å². The highest BCUT2D eigenvalue weighted by atomic mass is 32.2. The maximum Gasteiger partial charge on any atom is 0.225 e. The number of piperidine rings is 1. The third-order valence-electron chi connectivity index (χ3n) is 5.60. The van der Waals surface area contributed by atoms with Crippen LogP contribution in [0, 0.1) is 11.7 Å². The van der Waals surface area contributed by atoms with Crippen LogP contribution in [0.1, 0.15) is 43.6 Å². The van der Waals surface area contributed by atoms with Crippen LogP contribution in [0.15, 0.2) is 24.3 Å². The molecule has 0 aliphatic carbocycles. The van der Waals surface area contributed by atoms with Crippen LogP contribution in [0.25, 0.3) is 0 Å². The van der Waals surface area contributed by atoms with Crippen molar-refractivity contribution in [3.8, 4) is 0 Å². The van der Waals surface area contributed by atoms with Gasteiger partial charge >= 0.3 is 0 Å². The molecule has 5 nitrogen and oxygen atoms in total. The van der Waals surface area contributed by atoms with Gasteiger partial charge in [0.2, 0.25) is 15.9 Å². The lowest BCUT2D eigenvalue weighted by Crippen LogP contribution is -2.45. The highest BCUT2D eigenvalue weighted by Crippen LogP contribution is 2.29. The average Bonchev–Trinajstić information content (AvgIpc) is 2.87. The second-order valence-electron chi connectivity index (χ2n) is 7.46. The van der Waals surface area contributed by atoms with Crippen molar-refractivity contribution in [3.63, 3.8) is 0 Å². The Morgan fingerprint density at radius 2 is 1.69 bits per heavy atom. The van der Waals surface area contributed by atoms with Crippen LogP contribution < -0.4 is 0 Å². The van der Waals surface area contributed by atoms with Gasteiger partial charge in [-0.15, -0.1) is 0 Å². The molecule has 3 rings (SSSR count). The predicted octanol–water partition coefficient (Wildman–Crippen LogP) is 2.59. The molecule has 0 bridgehead atoms. The van der Waals surface area contributed by atoms with E-state index in [1.54, 1.807) is 0 Å². The van der Waals surface area contributed by atoms with Gasteiger partial charge < -0.3 is 4.90 Å². The van der Waals surface area contributed by atoms with Crippen molar-refractivity contribution in [3.05, 3.63) is 35.6 Å². The molecule has 1 aromatic carbocycles. The Kier molecular flexibility index (Phi) is 5.97. The summed E-state index contributed by atoms with van der Waals surface area (Å²) in [7, 11) is -3.18. The van der Waals surface area contributed by atoms with E-state index in [2.05, 4.69) is 0 Å². The van der Waals surface area contributed by atoms with Crippen LogP contribution >= 0.6 is 0 Å². The topological polar surface area (TPSA) is 57.7 Å². The molecule has 1 unspecified atom stereocenters. The number of carbonyl (C=O) groups is 1. The van der Waals surface area contributed by atoms with Gasteiger partial charge in [-0.1, -0.05) is 18.6 Å². The number of sulfonamides is 1. The SMILES string of the molecule is CS(=O)(=O)N1CCC(C(=O)N2CCCCC(c3ccc(F)cc3)C2)CC1. The Bertz CT molecular complexity index is 728. The van der Waals surface area contributed by atoms with E-state index in [0.29, 0.717) is 32.5 Å². The first kappa shape index (κ1) is 19.3. The first-order chi connectivity index (χ1) is 12.3. The summed E-state index contributed by atoms with van der Waals surface area (Å²) in [5.74, 6) is 0.0400. The van der Waals surface area contributed by atoms with Crippen molar-refractivity contribution >= 4 is 15.9 Å². The van der Waals surface area contributed by atoms with Gasteiger partial charge in [-0.25, -0.2) is 17.1 Å². The molecule has 0 N–H and O–H groups in total. The molecular weight excluding hydrogens is 355 g/mol. The first-order valence-electron chi connectivity index (χ1n) is 9.34. The maximum absolute atomic E-state index is 13.2. The molecule has 0 aromatic heterocycles. The van der Waals surface area contributed by atoms with Crippen LogP contribution in [0.2, 0.25) is 0 Å². The fourth-order valence-electron chi connectivity index (χ4n) is 4.04. The number of carbonyl (C=O) groups excluding carboxylic acids is 1. The second kappa shape index (κ2) is 8.05. The molecular formula is C19H27FN2O3S. The van der Waals surface area contributed by atoms with Crippen molar-refractivity contribution in [1.82, 2.24) is 9.21 Å². The van der Waals surface area contributed by atoms with Crippen LogP contribution in [0.4, 0.5) is 4.39 Å². The summed E-state index contributed by atoms with van der Waals surface area (Å²) in [5, 5.41) is 0. The Balaban J connectivity index is 1.64. The number of likely N-dealkylation sites (tertiary alicyclic amines) is 1. The van der Waals surface area contributed by atoms with Gasteiger partial charge in [-0.3, -0.25) is 4.79 Å². The van der Waals surface area contributed by atoms with E-state index in [1.807, 2.05) is 17.0 Å². The van der Waals surface area contributed by atoms with E-state index in [4.69, 9.17) is 0 Å². The summed E-state index contributed by atoms with van der Waals surface area (Å²) in [4.78, 5) is 14.9. The molecule has 2 saturated heterocycles. The Hall–Kier alpha value is -1.47. The molecule has 1 aromatic rings. The molecule has 26 heavy (non-hydrogen) atoms. The van der Waals surface area contributed by atoms with Gasteiger partial charge in [0.05, 0.1) is 6.26 Å². The zero-order valence-corrected chi connectivity index (χ0v) is 16.0. The van der Waals surface area contributed by atoms with E-state index in [1.165, 1.54) is 22.7 Å². The van der Waals surface area contributed by atoms with Gasteiger partial charge in [0, 0.05) is 38.0 Å². The van der Waals surface area contributed by atoms with Crippen LogP contribution in [-0.4, -0.2) is 56.0 Å². The molecule has 0 saturated carbocycles. The molecule has 0 spiro atoms. The Morgan fingerprint density at radius 3 is 2.31 bits per heavy atom. The third kappa shape index (κ3) is 4.62. The molecule has 0 radical (unpaired) electrons. The number of halogens is 1. The molecule has 2 aliphatic rings. The van der Waals surface area contributed by atoms with Crippen molar-refractivity contribution in [1.29, 1.82) is 0 Å². The zero-order valence-electron chi connectivity index (χ0n) is 15.2. The molecule has 7 heteroatoms. The second-order valence-corrected chi connectivity index (χ2v) is 9.45. The largest absolute Gasteiger partial charge is 0.342 e. The van der Waals surface area contributed by atoms with Gasteiger partial charge in [0.1, 0.15) is 5.82 Å². The van der Waals surface area contributed by atoms with E-state index in [-0.39, 0.29) is 23.6 Å². The third-order valence-corrected chi connectivity index (χ3v) is 6.90. The highest BCUT2D eigenvalue weighted by Gasteiger charge is 2.33. The number of hydrogen-bond donors (Lipinski definition) is 0. The number of benzene rings is 1. The fourth-order valence-corrected chi connectivity index (χ4v) is 4.92. The molecule has 1 amide bonds. The molecule has 2 aliphatic heterocycles. The lowest BCUT2D eigenvalue weighted by molar-refractivity contribution is -0.136. The Labute approximate surface area is 155 Å². The van der Waals surface area contributed by atoms with Crippen LogP contribution in [-0.2, 0) is 14.8 Å². The van der Waals surface area contributed by atoms with Gasteiger partial charge in [0.25, 0.3) is 0 Å². The van der Waals surface area contributed by atoms with E-state index in [9.17, 15) is 17.6 Å². The number of amides is 1. The number of rotatable bonds is 3. The zero-order chi connectivity index (χ0) is 18.7. The smallest absolute Gasteiger partial charge is 0.225 e. The summed E-state index contributed by atoms with van der Waals surface area (Å²) in [5.41, 5.74) is 1.08. The van der Waals surface area contributed by atoms with E-state index in [0.717, 1.165) is 31.4 Å². The summed E-state index contributed by atoms with van der Waals surface area (Å²) < 4.78 is 37.9. The van der Waals surface area contributed by atoms with E-state index < -0.39 is 10.0 Å². The quantitative estimate of drug-likeness (QED) is 0.807. The van der Waals surface area contributed by atoms with Crippen LogP contribution in [0.3, 0.4) is 0 Å². The average molecular weight is 383 g/mol. The first-order valence-corrected chi connectivity index (χ1v) is 11.2. The molecule has 2 fully saturated rings. The highest BCUT2D eigenvalue weighted by molar-refractivity contribution is 7.88. The molecule has 144 valence electrons. The number of nitrogens with zero attached hydrogens (tertiary/aromatic N) is 2. The lowest BCUT2D eigenvalue weighted by atomic mass is 9.93. The standard InChI is InChI=1S/C19H27FN2O3S/c1-26(24,25)22-12-9-16(10-13-22)19(23)21-11-3-2-4-17(14-21)15-5-7-18(20)8-6-15/h5-8,16-17H,2-4,9-14H2,1H3. The van der Waals surface area contributed by atoms with Gasteiger partial charge in [-0.2, -0.15) is 0 Å². The van der Waals surface area contributed by atoms with Gasteiger partial charge in [-0.05, 0) is 43.4 Å². The predicted molar refractivity (Wildman–Crippen MR) is 98.7 cm³/mol. The summed E-state index contributed by atoms with van der Waals surface area (Å²) in [6.07, 6.45) is 5.43. The minimum atomic E-state index is -3.18. The molecule has 1 atom stereocenters. The van der Waals surface area contributed by atoms with Crippen molar-refractivity contribution in [2.75, 3.05) is 32.4 Å². The minimum absolute atomic E-state index is 0.0973. The summed E-state index contributed by atoms with van der Waals surface area (Å²) >= 11 is 0. The maximum atomic E-state index is 13.2. The van der Waals surface area contributed by atoms with E-state index >= 15 is 0 Å². The molecule has 2 heterocycles. The van der Waals surface area contributed by atoms with Crippen molar-refractivity contribution in [2.45, 2.75) is 38.0 Å². The summed E-state index contributed by atoms with van der Waals surface area (Å²) in [6.45, 7) is 2.26. The Morgan fingerprint density at radius 1 is 1.04 bits per heavy atom. The fraction of sp³-hybridized carbons (Fsp3) is 0.632. The minimum Gasteiger partial charge on any atom is -0.342 e. The normalized spacial score (nSPS) is 23.6. The van der Waals surface area contributed by atoms with Gasteiger partial charge in [0.15, 0.2) is 0 Å². The monoisotopic (exact) mass is 382 g/mol. The number of hydrogen-bond acceptors (Lipinski definition) is 3.